The van der Waals surface area contributed by atoms with Crippen LogP contribution in [0.15, 0.2) is 18.2 Å². The first kappa shape index (κ1) is 15.4. The topological polar surface area (TPSA) is 29.5 Å². The fourth-order valence-corrected chi connectivity index (χ4v) is 2.06. The monoisotopic (exact) mass is 337 g/mol. The zero-order valence-corrected chi connectivity index (χ0v) is 12.3. The average Bonchev–Trinajstić information content (AvgIpc) is 2.37. The minimum Gasteiger partial charge on any atom is -0.383 e. The number of nitrogens with zero attached hydrogens (tertiary/aromatic N) is 1. The Balaban J connectivity index is 2.90. The van der Waals surface area contributed by atoms with E-state index in [1.54, 1.807) is 13.2 Å². The quantitative estimate of drug-likeness (QED) is 0.746. The highest BCUT2D eigenvalue weighted by Crippen LogP contribution is 2.19. The first-order valence-electron chi connectivity index (χ1n) is 5.40. The highest BCUT2D eigenvalue weighted by atomic mass is 79.9. The number of carbonyl (C=O) groups is 1. The van der Waals surface area contributed by atoms with Gasteiger partial charge in [0.2, 0.25) is 0 Å². The maximum Gasteiger partial charge on any atom is 0.256 e. The van der Waals surface area contributed by atoms with Crippen LogP contribution >= 0.6 is 27.5 Å². The van der Waals surface area contributed by atoms with Crippen LogP contribution in [0.4, 0.5) is 4.39 Å². The van der Waals surface area contributed by atoms with Crippen molar-refractivity contribution in [1.29, 1.82) is 0 Å². The summed E-state index contributed by atoms with van der Waals surface area (Å²) in [5, 5.41) is 0.566. The molecule has 0 aliphatic carbocycles. The Hall–Kier alpha value is -0.650. The molecule has 0 atom stereocenters. The molecule has 0 spiro atoms. The number of amides is 1. The summed E-state index contributed by atoms with van der Waals surface area (Å²) in [4.78, 5) is 13.7. The van der Waals surface area contributed by atoms with E-state index in [1.165, 1.54) is 17.0 Å². The van der Waals surface area contributed by atoms with Crippen LogP contribution in [0, 0.1) is 5.82 Å². The Kier molecular flexibility index (Phi) is 6.60. The molecular formula is C12H14BrClFNO2. The Morgan fingerprint density at radius 2 is 2.22 bits per heavy atom. The van der Waals surface area contributed by atoms with E-state index in [2.05, 4.69) is 15.9 Å². The minimum atomic E-state index is -0.679. The van der Waals surface area contributed by atoms with E-state index in [4.69, 9.17) is 16.3 Å². The van der Waals surface area contributed by atoms with Crippen LogP contribution in [0.1, 0.15) is 10.4 Å². The Morgan fingerprint density at radius 3 is 2.83 bits per heavy atom. The van der Waals surface area contributed by atoms with Crippen LogP contribution in [0.3, 0.4) is 0 Å². The van der Waals surface area contributed by atoms with Gasteiger partial charge in [-0.1, -0.05) is 33.6 Å². The number of benzene rings is 1. The van der Waals surface area contributed by atoms with Crippen LogP contribution in [-0.4, -0.2) is 42.9 Å². The van der Waals surface area contributed by atoms with E-state index < -0.39 is 5.82 Å². The molecule has 0 saturated heterocycles. The van der Waals surface area contributed by atoms with Gasteiger partial charge in [0.05, 0.1) is 17.2 Å². The number of halogens is 3. The maximum absolute atomic E-state index is 13.8. The predicted molar refractivity (Wildman–Crippen MR) is 73.0 cm³/mol. The average molecular weight is 339 g/mol. The lowest BCUT2D eigenvalue weighted by Crippen LogP contribution is -2.36. The van der Waals surface area contributed by atoms with Gasteiger partial charge >= 0.3 is 0 Å². The third-order valence-corrected chi connectivity index (χ3v) is 3.04. The Bertz CT molecular complexity index is 417. The first-order valence-corrected chi connectivity index (χ1v) is 6.90. The van der Waals surface area contributed by atoms with E-state index in [-0.39, 0.29) is 16.5 Å². The molecule has 0 aliphatic heterocycles. The second-order valence-corrected chi connectivity index (χ2v) is 4.78. The third kappa shape index (κ3) is 3.93. The molecule has 0 radical (unpaired) electrons. The van der Waals surface area contributed by atoms with Crippen LogP contribution in [0.2, 0.25) is 5.02 Å². The standard InChI is InChI=1S/C12H14BrClFNO2/c1-18-8-7-16(6-5-13)12(17)9-3-2-4-10(14)11(9)15/h2-4H,5-8H2,1H3. The lowest BCUT2D eigenvalue weighted by molar-refractivity contribution is 0.0704. The molecule has 0 aromatic heterocycles. The first-order chi connectivity index (χ1) is 8.61. The molecule has 0 heterocycles. The highest BCUT2D eigenvalue weighted by Gasteiger charge is 2.19. The zero-order valence-electron chi connectivity index (χ0n) is 9.96. The van der Waals surface area contributed by atoms with Crippen molar-refractivity contribution in [3.8, 4) is 0 Å². The number of alkyl halides is 1. The molecule has 1 aromatic rings. The molecule has 6 heteroatoms. The second-order valence-electron chi connectivity index (χ2n) is 3.58. The van der Waals surface area contributed by atoms with Gasteiger partial charge in [-0.25, -0.2) is 4.39 Å². The summed E-state index contributed by atoms with van der Waals surface area (Å²) in [6.45, 7) is 1.29. The summed E-state index contributed by atoms with van der Waals surface area (Å²) < 4.78 is 18.7. The van der Waals surface area contributed by atoms with Gasteiger partial charge in [-0.15, -0.1) is 0 Å². The normalized spacial score (nSPS) is 10.4. The fraction of sp³-hybridized carbons (Fsp3) is 0.417. The predicted octanol–water partition coefficient (Wildman–Crippen LogP) is 2.96. The molecule has 18 heavy (non-hydrogen) atoms. The van der Waals surface area contributed by atoms with Crippen LogP contribution in [0.25, 0.3) is 0 Å². The Labute approximate surface area is 119 Å². The van der Waals surface area contributed by atoms with Gasteiger partial charge in [-0.2, -0.15) is 0 Å². The van der Waals surface area contributed by atoms with E-state index in [0.717, 1.165) is 0 Å². The van der Waals surface area contributed by atoms with Gasteiger partial charge in [0, 0.05) is 25.5 Å². The summed E-state index contributed by atoms with van der Waals surface area (Å²) in [6, 6.07) is 4.40. The summed E-state index contributed by atoms with van der Waals surface area (Å²) in [5.41, 5.74) is -0.0143. The van der Waals surface area contributed by atoms with Gasteiger partial charge in [-0.05, 0) is 12.1 Å². The van der Waals surface area contributed by atoms with Gasteiger partial charge in [0.25, 0.3) is 5.91 Å². The number of rotatable bonds is 6. The van der Waals surface area contributed by atoms with E-state index >= 15 is 0 Å². The molecule has 0 fully saturated rings. The lowest BCUT2D eigenvalue weighted by atomic mass is 10.2. The minimum absolute atomic E-state index is 0.0143. The van der Waals surface area contributed by atoms with Crippen molar-refractivity contribution in [2.75, 3.05) is 32.1 Å². The molecule has 0 bridgehead atoms. The number of hydrogen-bond donors (Lipinski definition) is 0. The summed E-state index contributed by atoms with van der Waals surface area (Å²) in [7, 11) is 1.55. The molecule has 0 saturated carbocycles. The summed E-state index contributed by atoms with van der Waals surface area (Å²) in [6.07, 6.45) is 0. The van der Waals surface area contributed by atoms with Crippen LogP contribution in [-0.2, 0) is 4.74 Å². The number of carbonyl (C=O) groups excluding carboxylic acids is 1. The van der Waals surface area contributed by atoms with Crippen molar-refractivity contribution >= 4 is 33.4 Å². The molecule has 1 rings (SSSR count). The fourth-order valence-electron chi connectivity index (χ4n) is 1.46. The second kappa shape index (κ2) is 7.71. The largest absolute Gasteiger partial charge is 0.383 e. The molecule has 100 valence electrons. The smallest absolute Gasteiger partial charge is 0.256 e. The molecule has 0 aliphatic rings. The maximum atomic E-state index is 13.8. The molecule has 0 N–H and O–H groups in total. The third-order valence-electron chi connectivity index (χ3n) is 2.39. The van der Waals surface area contributed by atoms with Crippen molar-refractivity contribution in [2.24, 2.45) is 0 Å². The van der Waals surface area contributed by atoms with Gasteiger partial charge in [-0.3, -0.25) is 4.79 Å². The van der Waals surface area contributed by atoms with E-state index in [1.807, 2.05) is 0 Å². The Morgan fingerprint density at radius 1 is 1.50 bits per heavy atom. The zero-order chi connectivity index (χ0) is 13.5. The van der Waals surface area contributed by atoms with Gasteiger partial charge in [0.15, 0.2) is 5.82 Å². The molecule has 1 amide bonds. The molecule has 3 nitrogen and oxygen atoms in total. The highest BCUT2D eigenvalue weighted by molar-refractivity contribution is 9.09. The van der Waals surface area contributed by atoms with Crippen LogP contribution < -0.4 is 0 Å². The van der Waals surface area contributed by atoms with Gasteiger partial charge in [0.1, 0.15) is 0 Å². The van der Waals surface area contributed by atoms with E-state index in [0.29, 0.717) is 25.0 Å². The van der Waals surface area contributed by atoms with Crippen molar-refractivity contribution in [1.82, 2.24) is 4.90 Å². The number of methoxy groups -OCH3 is 1. The number of ether oxygens (including phenoxy) is 1. The van der Waals surface area contributed by atoms with Crippen LogP contribution in [0.5, 0.6) is 0 Å². The molecular weight excluding hydrogens is 324 g/mol. The summed E-state index contributed by atoms with van der Waals surface area (Å²) >= 11 is 8.93. The van der Waals surface area contributed by atoms with Crippen molar-refractivity contribution in [3.63, 3.8) is 0 Å². The molecule has 0 unspecified atom stereocenters. The van der Waals surface area contributed by atoms with Crippen molar-refractivity contribution in [2.45, 2.75) is 0 Å². The molecule has 1 aromatic carbocycles. The van der Waals surface area contributed by atoms with Gasteiger partial charge < -0.3 is 9.64 Å². The number of hydrogen-bond acceptors (Lipinski definition) is 2. The SMILES string of the molecule is COCCN(CCBr)C(=O)c1cccc(Cl)c1F. The lowest BCUT2D eigenvalue weighted by Gasteiger charge is -2.21. The van der Waals surface area contributed by atoms with Crippen molar-refractivity contribution in [3.05, 3.63) is 34.6 Å². The summed E-state index contributed by atoms with van der Waals surface area (Å²) in [5.74, 6) is -1.06. The van der Waals surface area contributed by atoms with E-state index in [9.17, 15) is 9.18 Å². The van der Waals surface area contributed by atoms with Crippen molar-refractivity contribution < 1.29 is 13.9 Å².